The van der Waals surface area contributed by atoms with E-state index >= 15 is 0 Å². The molecule has 0 aliphatic heterocycles. The zero-order valence-corrected chi connectivity index (χ0v) is 15.0. The Bertz CT molecular complexity index is 992. The van der Waals surface area contributed by atoms with Gasteiger partial charge in [-0.05, 0) is 42.3 Å². The largest absolute Gasteiger partial charge is 0.478 e. The average Bonchev–Trinajstić information content (AvgIpc) is 3.02. The van der Waals surface area contributed by atoms with Crippen molar-refractivity contribution in [1.82, 2.24) is 10.3 Å². The molecule has 0 atom stereocenters. The molecule has 1 aromatic heterocycles. The van der Waals surface area contributed by atoms with Gasteiger partial charge in [0.25, 0.3) is 0 Å². The van der Waals surface area contributed by atoms with E-state index in [-0.39, 0.29) is 24.4 Å². The van der Waals surface area contributed by atoms with E-state index in [9.17, 15) is 9.59 Å². The standard InChI is InChI=1S/C20H18N2O3S/c1-2-4-13-7-8-16-17(10-13)26-19(22-16)11-18(23)21-12-14-5-3-6-15(9-14)20(24)25/h2-10H,11-12H2,1H3,(H,21,23)(H,24,25)/b4-2+. The van der Waals surface area contributed by atoms with Gasteiger partial charge in [0.05, 0.1) is 22.2 Å². The molecule has 2 aromatic carbocycles. The summed E-state index contributed by atoms with van der Waals surface area (Å²) in [6, 6.07) is 12.6. The fourth-order valence-corrected chi connectivity index (χ4v) is 3.59. The molecule has 3 aromatic rings. The number of carbonyl (C=O) groups is 2. The first-order valence-electron chi connectivity index (χ1n) is 8.16. The van der Waals surface area contributed by atoms with Crippen LogP contribution >= 0.6 is 11.3 Å². The molecule has 3 rings (SSSR count). The molecule has 0 unspecified atom stereocenters. The normalized spacial score (nSPS) is 11.1. The Labute approximate surface area is 155 Å². The van der Waals surface area contributed by atoms with E-state index in [1.807, 2.05) is 31.2 Å². The summed E-state index contributed by atoms with van der Waals surface area (Å²) < 4.78 is 1.05. The number of rotatable bonds is 6. The minimum Gasteiger partial charge on any atom is -0.478 e. The summed E-state index contributed by atoms with van der Waals surface area (Å²) in [7, 11) is 0. The van der Waals surface area contributed by atoms with Gasteiger partial charge in [-0.25, -0.2) is 9.78 Å². The summed E-state index contributed by atoms with van der Waals surface area (Å²) in [5.41, 5.74) is 2.96. The summed E-state index contributed by atoms with van der Waals surface area (Å²) in [5.74, 6) is -1.12. The van der Waals surface area contributed by atoms with Crippen LogP contribution in [-0.2, 0) is 17.8 Å². The van der Waals surface area contributed by atoms with E-state index in [1.165, 1.54) is 17.4 Å². The lowest BCUT2D eigenvalue weighted by Gasteiger charge is -2.05. The Morgan fingerprint density at radius 2 is 2.08 bits per heavy atom. The number of fused-ring (bicyclic) bond motifs is 1. The average molecular weight is 366 g/mol. The number of thiazole rings is 1. The van der Waals surface area contributed by atoms with Crippen molar-refractivity contribution in [2.45, 2.75) is 19.9 Å². The lowest BCUT2D eigenvalue weighted by atomic mass is 10.1. The second-order valence-electron chi connectivity index (χ2n) is 5.79. The van der Waals surface area contributed by atoms with Crippen molar-refractivity contribution in [2.75, 3.05) is 0 Å². The van der Waals surface area contributed by atoms with Crippen LogP contribution in [-0.4, -0.2) is 22.0 Å². The SMILES string of the molecule is C/C=C/c1ccc2nc(CC(=O)NCc3cccc(C(=O)O)c3)sc2c1. The number of aromatic nitrogens is 1. The maximum atomic E-state index is 12.2. The molecule has 132 valence electrons. The van der Waals surface area contributed by atoms with Gasteiger partial charge < -0.3 is 10.4 Å². The zero-order valence-electron chi connectivity index (χ0n) is 14.2. The number of carboxylic acid groups (broad SMARTS) is 1. The van der Waals surface area contributed by atoms with Crippen LogP contribution in [0.4, 0.5) is 0 Å². The molecule has 0 aliphatic rings. The Hall–Kier alpha value is -2.99. The smallest absolute Gasteiger partial charge is 0.335 e. The van der Waals surface area contributed by atoms with Crippen LogP contribution in [0.15, 0.2) is 48.5 Å². The summed E-state index contributed by atoms with van der Waals surface area (Å²) in [5, 5.41) is 12.6. The van der Waals surface area contributed by atoms with Crippen molar-refractivity contribution in [2.24, 2.45) is 0 Å². The van der Waals surface area contributed by atoms with E-state index in [2.05, 4.69) is 16.4 Å². The summed E-state index contributed by atoms with van der Waals surface area (Å²) >= 11 is 1.51. The number of nitrogens with zero attached hydrogens (tertiary/aromatic N) is 1. The first-order chi connectivity index (χ1) is 12.5. The molecule has 2 N–H and O–H groups in total. The molecular formula is C20H18N2O3S. The highest BCUT2D eigenvalue weighted by atomic mass is 32.1. The van der Waals surface area contributed by atoms with Crippen molar-refractivity contribution < 1.29 is 14.7 Å². The number of benzene rings is 2. The molecule has 0 radical (unpaired) electrons. The highest BCUT2D eigenvalue weighted by Gasteiger charge is 2.10. The molecule has 1 heterocycles. The Balaban J connectivity index is 1.63. The van der Waals surface area contributed by atoms with Crippen molar-refractivity contribution >= 4 is 39.5 Å². The third kappa shape index (κ3) is 4.34. The zero-order chi connectivity index (χ0) is 18.5. The highest BCUT2D eigenvalue weighted by molar-refractivity contribution is 7.18. The van der Waals surface area contributed by atoms with Crippen LogP contribution in [0.2, 0.25) is 0 Å². The Kier molecular flexibility index (Phi) is 5.43. The van der Waals surface area contributed by atoms with E-state index in [0.717, 1.165) is 26.4 Å². The third-order valence-electron chi connectivity index (χ3n) is 3.79. The Morgan fingerprint density at radius 1 is 1.23 bits per heavy atom. The first kappa shape index (κ1) is 17.8. The van der Waals surface area contributed by atoms with Crippen molar-refractivity contribution in [3.8, 4) is 0 Å². The number of nitrogens with one attached hydrogen (secondary N) is 1. The summed E-state index contributed by atoms with van der Waals surface area (Å²) in [6.07, 6.45) is 4.21. The molecule has 0 fully saturated rings. The quantitative estimate of drug-likeness (QED) is 0.694. The minimum absolute atomic E-state index is 0.140. The molecule has 0 saturated heterocycles. The van der Waals surface area contributed by atoms with E-state index in [1.54, 1.807) is 18.2 Å². The molecule has 0 spiro atoms. The number of carboxylic acids is 1. The molecule has 26 heavy (non-hydrogen) atoms. The van der Waals surface area contributed by atoms with Gasteiger partial charge in [0, 0.05) is 6.54 Å². The number of carbonyl (C=O) groups excluding carboxylic acids is 1. The molecule has 0 bridgehead atoms. The van der Waals surface area contributed by atoms with Gasteiger partial charge in [-0.15, -0.1) is 11.3 Å². The number of hydrogen-bond donors (Lipinski definition) is 2. The highest BCUT2D eigenvalue weighted by Crippen LogP contribution is 2.24. The monoisotopic (exact) mass is 366 g/mol. The van der Waals surface area contributed by atoms with Gasteiger partial charge in [-0.3, -0.25) is 4.79 Å². The number of hydrogen-bond acceptors (Lipinski definition) is 4. The third-order valence-corrected chi connectivity index (χ3v) is 4.81. The number of amides is 1. The van der Waals surface area contributed by atoms with Gasteiger partial charge in [0.15, 0.2) is 0 Å². The van der Waals surface area contributed by atoms with Gasteiger partial charge in [0.1, 0.15) is 5.01 Å². The van der Waals surface area contributed by atoms with Crippen molar-refractivity contribution in [3.63, 3.8) is 0 Å². The van der Waals surface area contributed by atoms with Crippen LogP contribution in [0.3, 0.4) is 0 Å². The molecular weight excluding hydrogens is 348 g/mol. The lowest BCUT2D eigenvalue weighted by Crippen LogP contribution is -2.24. The van der Waals surface area contributed by atoms with Gasteiger partial charge in [-0.2, -0.15) is 0 Å². The lowest BCUT2D eigenvalue weighted by molar-refractivity contribution is -0.120. The number of aromatic carboxylic acids is 1. The van der Waals surface area contributed by atoms with Gasteiger partial charge in [-0.1, -0.05) is 30.4 Å². The summed E-state index contributed by atoms with van der Waals surface area (Å²) in [4.78, 5) is 27.7. The predicted octanol–water partition coefficient (Wildman–Crippen LogP) is 3.89. The minimum atomic E-state index is -0.982. The molecule has 6 heteroatoms. The second kappa shape index (κ2) is 7.93. The molecule has 0 saturated carbocycles. The van der Waals surface area contributed by atoms with E-state index in [4.69, 9.17) is 5.11 Å². The summed E-state index contributed by atoms with van der Waals surface area (Å²) in [6.45, 7) is 2.26. The van der Waals surface area contributed by atoms with Crippen molar-refractivity contribution in [3.05, 3.63) is 70.2 Å². The predicted molar refractivity (Wildman–Crippen MR) is 103 cm³/mol. The van der Waals surface area contributed by atoms with Crippen molar-refractivity contribution in [1.29, 1.82) is 0 Å². The van der Waals surface area contributed by atoms with E-state index < -0.39 is 5.97 Å². The second-order valence-corrected chi connectivity index (χ2v) is 6.91. The maximum absolute atomic E-state index is 12.2. The Morgan fingerprint density at radius 3 is 2.85 bits per heavy atom. The fourth-order valence-electron chi connectivity index (χ4n) is 2.58. The first-order valence-corrected chi connectivity index (χ1v) is 8.98. The van der Waals surface area contributed by atoms with Crippen LogP contribution < -0.4 is 5.32 Å². The van der Waals surface area contributed by atoms with Gasteiger partial charge in [0.2, 0.25) is 5.91 Å². The topological polar surface area (TPSA) is 79.3 Å². The molecule has 5 nitrogen and oxygen atoms in total. The van der Waals surface area contributed by atoms with Crippen LogP contribution in [0, 0.1) is 0 Å². The fraction of sp³-hybridized carbons (Fsp3) is 0.150. The van der Waals surface area contributed by atoms with Crippen LogP contribution in [0.1, 0.15) is 33.4 Å². The maximum Gasteiger partial charge on any atom is 0.335 e. The van der Waals surface area contributed by atoms with Crippen LogP contribution in [0.5, 0.6) is 0 Å². The van der Waals surface area contributed by atoms with E-state index in [0.29, 0.717) is 0 Å². The molecule has 0 aliphatic carbocycles. The van der Waals surface area contributed by atoms with Crippen LogP contribution in [0.25, 0.3) is 16.3 Å². The molecule has 1 amide bonds. The number of allylic oxidation sites excluding steroid dienone is 1. The van der Waals surface area contributed by atoms with Gasteiger partial charge >= 0.3 is 5.97 Å².